The molecule has 0 fully saturated rings. The van der Waals surface area contributed by atoms with Crippen molar-refractivity contribution in [3.05, 3.63) is 51.8 Å². The first-order valence-electron chi connectivity index (χ1n) is 5.23. The van der Waals surface area contributed by atoms with Crippen LogP contribution in [-0.4, -0.2) is 19.9 Å². The van der Waals surface area contributed by atoms with E-state index in [0.717, 1.165) is 24.1 Å². The summed E-state index contributed by atoms with van der Waals surface area (Å²) in [5, 5.41) is 18.3. The van der Waals surface area contributed by atoms with Crippen LogP contribution in [0.25, 0.3) is 0 Å². The van der Waals surface area contributed by atoms with Crippen LogP contribution in [0.1, 0.15) is 11.3 Å². The van der Waals surface area contributed by atoms with Crippen molar-refractivity contribution in [2.24, 2.45) is 7.05 Å². The van der Waals surface area contributed by atoms with Crippen LogP contribution in [0.3, 0.4) is 0 Å². The number of aromatic nitrogens is 3. The number of nitro groups is 1. The highest BCUT2D eigenvalue weighted by molar-refractivity contribution is 5.33. The van der Waals surface area contributed by atoms with E-state index in [9.17, 15) is 10.1 Å². The third-order valence-electron chi connectivity index (χ3n) is 2.47. The highest BCUT2D eigenvalue weighted by Crippen LogP contribution is 2.13. The Morgan fingerprint density at radius 2 is 2.00 bits per heavy atom. The summed E-state index contributed by atoms with van der Waals surface area (Å²) in [6, 6.07) is 6.58. The first kappa shape index (κ1) is 11.3. The molecule has 1 aromatic carbocycles. The van der Waals surface area contributed by atoms with Crippen molar-refractivity contribution in [2.45, 2.75) is 12.8 Å². The predicted molar refractivity (Wildman–Crippen MR) is 61.5 cm³/mol. The Morgan fingerprint density at radius 1 is 1.29 bits per heavy atom. The minimum atomic E-state index is -0.396. The molecular formula is C11H12N4O2. The lowest BCUT2D eigenvalue weighted by atomic mass is 10.1. The number of non-ortho nitro benzene ring substituents is 1. The van der Waals surface area contributed by atoms with Gasteiger partial charge in [0.1, 0.15) is 0 Å². The molecule has 6 nitrogen and oxygen atoms in total. The van der Waals surface area contributed by atoms with Crippen molar-refractivity contribution in [3.8, 4) is 0 Å². The Bertz CT molecular complexity index is 519. The predicted octanol–water partition coefficient (Wildman–Crippen LogP) is 1.51. The number of benzene rings is 1. The second-order valence-electron chi connectivity index (χ2n) is 3.81. The summed E-state index contributed by atoms with van der Waals surface area (Å²) in [7, 11) is 1.82. The minimum Gasteiger partial charge on any atom is -0.258 e. The fraction of sp³-hybridized carbons (Fsp3) is 0.273. The second kappa shape index (κ2) is 4.73. The average Bonchev–Trinajstić information content (AvgIpc) is 2.73. The van der Waals surface area contributed by atoms with E-state index in [2.05, 4.69) is 10.3 Å². The number of hydrogen-bond donors (Lipinski definition) is 0. The topological polar surface area (TPSA) is 73.8 Å². The number of rotatable bonds is 4. The van der Waals surface area contributed by atoms with Crippen LogP contribution in [0, 0.1) is 10.1 Å². The molecule has 0 unspecified atom stereocenters. The van der Waals surface area contributed by atoms with E-state index in [1.54, 1.807) is 16.8 Å². The molecule has 0 aliphatic heterocycles. The molecule has 0 radical (unpaired) electrons. The molecule has 88 valence electrons. The Morgan fingerprint density at radius 3 is 2.53 bits per heavy atom. The van der Waals surface area contributed by atoms with Gasteiger partial charge in [-0.15, -0.1) is 5.10 Å². The van der Waals surface area contributed by atoms with Gasteiger partial charge in [-0.05, 0) is 18.4 Å². The zero-order valence-electron chi connectivity index (χ0n) is 9.41. The molecule has 0 spiro atoms. The molecule has 0 aliphatic carbocycles. The van der Waals surface area contributed by atoms with Crippen molar-refractivity contribution in [1.29, 1.82) is 0 Å². The quantitative estimate of drug-likeness (QED) is 0.591. The summed E-state index contributed by atoms with van der Waals surface area (Å²) in [4.78, 5) is 10.1. The van der Waals surface area contributed by atoms with Crippen molar-refractivity contribution >= 4 is 5.69 Å². The molecule has 0 aliphatic rings. The highest BCUT2D eigenvalue weighted by Gasteiger charge is 2.04. The van der Waals surface area contributed by atoms with Crippen LogP contribution >= 0.6 is 0 Å². The van der Waals surface area contributed by atoms with Crippen LogP contribution in [0.2, 0.25) is 0 Å². The SMILES string of the molecule is Cn1cc(CCc2ccc([N+](=O)[O-])cc2)nn1. The first-order valence-corrected chi connectivity index (χ1v) is 5.23. The Hall–Kier alpha value is -2.24. The van der Waals surface area contributed by atoms with E-state index >= 15 is 0 Å². The molecule has 0 bridgehead atoms. The van der Waals surface area contributed by atoms with E-state index < -0.39 is 4.92 Å². The fourth-order valence-corrected chi connectivity index (χ4v) is 1.57. The first-order chi connectivity index (χ1) is 8.15. The molecule has 0 saturated carbocycles. The molecule has 0 N–H and O–H groups in total. The molecule has 2 rings (SSSR count). The zero-order chi connectivity index (χ0) is 12.3. The zero-order valence-corrected chi connectivity index (χ0v) is 9.41. The average molecular weight is 232 g/mol. The molecule has 0 atom stereocenters. The molecule has 1 heterocycles. The smallest absolute Gasteiger partial charge is 0.258 e. The van der Waals surface area contributed by atoms with Gasteiger partial charge < -0.3 is 0 Å². The number of hydrogen-bond acceptors (Lipinski definition) is 4. The maximum Gasteiger partial charge on any atom is 0.269 e. The van der Waals surface area contributed by atoms with Crippen LogP contribution in [0.4, 0.5) is 5.69 Å². The maximum absolute atomic E-state index is 10.5. The Kier molecular flexibility index (Phi) is 3.13. The summed E-state index contributed by atoms with van der Waals surface area (Å²) in [5.41, 5.74) is 2.10. The van der Waals surface area contributed by atoms with Gasteiger partial charge in [-0.25, -0.2) is 0 Å². The molecule has 0 amide bonds. The summed E-state index contributed by atoms with van der Waals surface area (Å²) in [6.45, 7) is 0. The van der Waals surface area contributed by atoms with Crippen LogP contribution in [0.5, 0.6) is 0 Å². The molecule has 17 heavy (non-hydrogen) atoms. The number of nitro benzene ring substituents is 1. The van der Waals surface area contributed by atoms with Crippen LogP contribution in [-0.2, 0) is 19.9 Å². The van der Waals surface area contributed by atoms with Crippen molar-refractivity contribution in [2.75, 3.05) is 0 Å². The van der Waals surface area contributed by atoms with Gasteiger partial charge in [0.25, 0.3) is 5.69 Å². The van der Waals surface area contributed by atoms with E-state index in [1.807, 2.05) is 13.2 Å². The number of nitrogens with zero attached hydrogens (tertiary/aromatic N) is 4. The minimum absolute atomic E-state index is 0.119. The lowest BCUT2D eigenvalue weighted by Gasteiger charge is -1.98. The van der Waals surface area contributed by atoms with Crippen LogP contribution in [0.15, 0.2) is 30.5 Å². The maximum atomic E-state index is 10.5. The van der Waals surface area contributed by atoms with Crippen molar-refractivity contribution < 1.29 is 4.92 Å². The van der Waals surface area contributed by atoms with E-state index in [1.165, 1.54) is 12.1 Å². The summed E-state index contributed by atoms with van der Waals surface area (Å²) >= 11 is 0. The van der Waals surface area contributed by atoms with Gasteiger partial charge >= 0.3 is 0 Å². The van der Waals surface area contributed by atoms with Crippen LogP contribution < -0.4 is 0 Å². The molecule has 1 aromatic heterocycles. The normalized spacial score (nSPS) is 10.4. The lowest BCUT2D eigenvalue weighted by Crippen LogP contribution is -1.93. The van der Waals surface area contributed by atoms with Crippen molar-refractivity contribution in [3.63, 3.8) is 0 Å². The van der Waals surface area contributed by atoms with Gasteiger partial charge in [0.2, 0.25) is 0 Å². The second-order valence-corrected chi connectivity index (χ2v) is 3.81. The standard InChI is InChI=1S/C11H12N4O2/c1-14-8-10(12-13-14)5-2-9-3-6-11(7-4-9)15(16)17/h3-4,6-8H,2,5H2,1H3. The molecule has 6 heteroatoms. The largest absolute Gasteiger partial charge is 0.269 e. The summed E-state index contributed by atoms with van der Waals surface area (Å²) in [6.07, 6.45) is 3.45. The van der Waals surface area contributed by atoms with Crippen molar-refractivity contribution in [1.82, 2.24) is 15.0 Å². The highest BCUT2D eigenvalue weighted by atomic mass is 16.6. The fourth-order valence-electron chi connectivity index (χ4n) is 1.57. The monoisotopic (exact) mass is 232 g/mol. The van der Waals surface area contributed by atoms with E-state index in [-0.39, 0.29) is 5.69 Å². The van der Waals surface area contributed by atoms with Gasteiger partial charge in [-0.1, -0.05) is 17.3 Å². The van der Waals surface area contributed by atoms with Gasteiger partial charge in [0.15, 0.2) is 0 Å². The third kappa shape index (κ3) is 2.87. The van der Waals surface area contributed by atoms with Gasteiger partial charge in [-0.2, -0.15) is 0 Å². The van der Waals surface area contributed by atoms with E-state index in [4.69, 9.17) is 0 Å². The third-order valence-corrected chi connectivity index (χ3v) is 2.47. The molecule has 0 saturated heterocycles. The summed E-state index contributed by atoms with van der Waals surface area (Å²) in [5.74, 6) is 0. The Balaban J connectivity index is 1.97. The van der Waals surface area contributed by atoms with Gasteiger partial charge in [-0.3, -0.25) is 14.8 Å². The summed E-state index contributed by atoms with van der Waals surface area (Å²) < 4.78 is 1.66. The Labute approximate surface area is 98.0 Å². The number of aryl methyl sites for hydroxylation is 3. The molecule has 2 aromatic rings. The molecular weight excluding hydrogens is 220 g/mol. The van der Waals surface area contributed by atoms with Gasteiger partial charge in [0.05, 0.1) is 10.6 Å². The lowest BCUT2D eigenvalue weighted by molar-refractivity contribution is -0.384. The van der Waals surface area contributed by atoms with Gasteiger partial charge in [0, 0.05) is 25.4 Å². The van der Waals surface area contributed by atoms with E-state index in [0.29, 0.717) is 0 Å².